The van der Waals surface area contributed by atoms with Crippen LogP contribution in [-0.4, -0.2) is 27.6 Å². The van der Waals surface area contributed by atoms with Crippen LogP contribution in [0, 0.1) is 6.92 Å². The zero-order valence-electron chi connectivity index (χ0n) is 16.1. The van der Waals surface area contributed by atoms with Crippen LogP contribution in [0.25, 0.3) is 11.4 Å². The number of phenols is 1. The summed E-state index contributed by atoms with van der Waals surface area (Å²) in [6, 6.07) is 12.7. The number of rotatable bonds is 6. The average Bonchev–Trinajstić information content (AvgIpc) is 2.67. The number of nitrogens with one attached hydrogen (secondary N) is 1. The molecule has 6 heteroatoms. The van der Waals surface area contributed by atoms with Crippen molar-refractivity contribution >= 4 is 11.6 Å². The number of anilines is 1. The van der Waals surface area contributed by atoms with Gasteiger partial charge in [0.2, 0.25) is 0 Å². The molecule has 3 rings (SSSR count). The van der Waals surface area contributed by atoms with E-state index in [0.29, 0.717) is 23.0 Å². The van der Waals surface area contributed by atoms with Crippen molar-refractivity contribution in [2.75, 3.05) is 11.9 Å². The summed E-state index contributed by atoms with van der Waals surface area (Å²) in [5.41, 5.74) is 3.32. The van der Waals surface area contributed by atoms with Gasteiger partial charge in [-0.2, -0.15) is 0 Å². The summed E-state index contributed by atoms with van der Waals surface area (Å²) in [4.78, 5) is 20.7. The van der Waals surface area contributed by atoms with Crippen molar-refractivity contribution in [2.24, 2.45) is 0 Å². The molecule has 6 nitrogen and oxygen atoms in total. The van der Waals surface area contributed by atoms with E-state index in [1.54, 1.807) is 24.3 Å². The first-order valence-electron chi connectivity index (χ1n) is 9.07. The summed E-state index contributed by atoms with van der Waals surface area (Å²) in [6.45, 7) is 6.06. The van der Waals surface area contributed by atoms with Gasteiger partial charge in [-0.3, -0.25) is 4.79 Å². The minimum absolute atomic E-state index is 0.0997. The number of phenolic OH excluding ortho intramolecular Hbond substituents is 1. The second-order valence-corrected chi connectivity index (χ2v) is 6.88. The molecule has 144 valence electrons. The van der Waals surface area contributed by atoms with E-state index in [1.807, 2.05) is 25.1 Å². The molecule has 0 radical (unpaired) electrons. The fourth-order valence-corrected chi connectivity index (χ4v) is 2.77. The molecule has 0 aliphatic carbocycles. The molecule has 3 aromatic rings. The highest BCUT2D eigenvalue weighted by atomic mass is 16.5. The highest BCUT2D eigenvalue weighted by Gasteiger charge is 2.11. The molecule has 1 aromatic heterocycles. The van der Waals surface area contributed by atoms with Crippen molar-refractivity contribution in [3.8, 4) is 22.9 Å². The van der Waals surface area contributed by atoms with Crippen LogP contribution in [0.15, 0.2) is 54.9 Å². The quantitative estimate of drug-likeness (QED) is 0.669. The number of nitrogens with zero attached hydrogens (tertiary/aromatic N) is 2. The van der Waals surface area contributed by atoms with Gasteiger partial charge in [-0.05, 0) is 42.2 Å². The van der Waals surface area contributed by atoms with Gasteiger partial charge in [-0.25, -0.2) is 9.97 Å². The van der Waals surface area contributed by atoms with Crippen LogP contribution in [0.1, 0.15) is 30.9 Å². The Morgan fingerprint density at radius 3 is 2.57 bits per heavy atom. The average molecular weight is 377 g/mol. The summed E-state index contributed by atoms with van der Waals surface area (Å²) in [7, 11) is 0. The van der Waals surface area contributed by atoms with Crippen molar-refractivity contribution in [3.63, 3.8) is 0 Å². The van der Waals surface area contributed by atoms with E-state index < -0.39 is 0 Å². The minimum atomic E-state index is -0.287. The Hall–Kier alpha value is -3.41. The fourth-order valence-electron chi connectivity index (χ4n) is 2.77. The Kier molecular flexibility index (Phi) is 5.89. The van der Waals surface area contributed by atoms with Gasteiger partial charge in [-0.1, -0.05) is 38.1 Å². The molecule has 1 amide bonds. The molecule has 28 heavy (non-hydrogen) atoms. The lowest BCUT2D eigenvalue weighted by Crippen LogP contribution is -2.21. The number of hydrogen-bond acceptors (Lipinski definition) is 5. The van der Waals surface area contributed by atoms with Gasteiger partial charge in [0.15, 0.2) is 12.4 Å². The topological polar surface area (TPSA) is 84.3 Å². The Morgan fingerprint density at radius 2 is 1.89 bits per heavy atom. The Labute approximate surface area is 164 Å². The van der Waals surface area contributed by atoms with Crippen molar-refractivity contribution in [2.45, 2.75) is 26.7 Å². The maximum Gasteiger partial charge on any atom is 0.262 e. The molecular weight excluding hydrogens is 354 g/mol. The van der Waals surface area contributed by atoms with E-state index in [0.717, 1.165) is 16.9 Å². The third-order valence-electron chi connectivity index (χ3n) is 4.19. The lowest BCUT2D eigenvalue weighted by molar-refractivity contribution is -0.118. The maximum absolute atomic E-state index is 12.2. The summed E-state index contributed by atoms with van der Waals surface area (Å²) >= 11 is 0. The molecule has 0 bridgehead atoms. The Bertz CT molecular complexity index is 969. The first-order chi connectivity index (χ1) is 13.4. The fraction of sp³-hybridized carbons (Fsp3) is 0.227. The number of amides is 1. The predicted octanol–water partition coefficient (Wildman–Crippen LogP) is 4.30. The van der Waals surface area contributed by atoms with E-state index in [2.05, 4.69) is 29.1 Å². The number of ether oxygens (including phenoxy) is 1. The highest BCUT2D eigenvalue weighted by Crippen LogP contribution is 2.27. The van der Waals surface area contributed by atoms with Gasteiger partial charge < -0.3 is 15.2 Å². The maximum atomic E-state index is 12.2. The summed E-state index contributed by atoms with van der Waals surface area (Å²) in [6.07, 6.45) is 3.05. The molecule has 1 heterocycles. The van der Waals surface area contributed by atoms with E-state index in [1.165, 1.54) is 12.4 Å². The first-order valence-corrected chi connectivity index (χ1v) is 9.07. The van der Waals surface area contributed by atoms with E-state index in [9.17, 15) is 9.90 Å². The standard InChI is InChI=1S/C22H23N3O3/c1-14(2)19-8-7-15(3)9-20(19)28-13-21(27)25-17-11-23-22(24-12-17)16-5-4-6-18(26)10-16/h4-12,14,26H,13H2,1-3H3,(H,25,27). The smallest absolute Gasteiger partial charge is 0.262 e. The second-order valence-electron chi connectivity index (χ2n) is 6.88. The normalized spacial score (nSPS) is 10.7. The van der Waals surface area contributed by atoms with E-state index in [-0.39, 0.29) is 18.3 Å². The lowest BCUT2D eigenvalue weighted by atomic mass is 10.0. The van der Waals surface area contributed by atoms with Crippen LogP contribution in [-0.2, 0) is 4.79 Å². The zero-order valence-corrected chi connectivity index (χ0v) is 16.1. The number of aryl methyl sites for hydroxylation is 1. The number of carbonyl (C=O) groups is 1. The van der Waals surface area contributed by atoms with Gasteiger partial charge >= 0.3 is 0 Å². The Balaban J connectivity index is 1.62. The summed E-state index contributed by atoms with van der Waals surface area (Å²) < 4.78 is 5.74. The SMILES string of the molecule is Cc1ccc(C(C)C)c(OCC(=O)Nc2cnc(-c3cccc(O)c3)nc2)c1. The molecule has 0 saturated heterocycles. The third-order valence-corrected chi connectivity index (χ3v) is 4.19. The van der Waals surface area contributed by atoms with Gasteiger partial charge in [0.25, 0.3) is 5.91 Å². The van der Waals surface area contributed by atoms with E-state index in [4.69, 9.17) is 4.74 Å². The number of benzene rings is 2. The molecule has 0 aliphatic rings. The monoisotopic (exact) mass is 377 g/mol. The highest BCUT2D eigenvalue weighted by molar-refractivity contribution is 5.91. The predicted molar refractivity (Wildman–Crippen MR) is 109 cm³/mol. The van der Waals surface area contributed by atoms with Crippen molar-refractivity contribution in [3.05, 3.63) is 66.0 Å². The molecule has 0 saturated carbocycles. The van der Waals surface area contributed by atoms with Gasteiger partial charge in [0.05, 0.1) is 18.1 Å². The number of hydrogen-bond donors (Lipinski definition) is 2. The zero-order chi connectivity index (χ0) is 20.1. The number of aromatic hydroxyl groups is 1. The summed E-state index contributed by atoms with van der Waals surface area (Å²) in [5, 5.41) is 12.3. The number of aromatic nitrogens is 2. The van der Waals surface area contributed by atoms with Gasteiger partial charge in [-0.15, -0.1) is 0 Å². The van der Waals surface area contributed by atoms with Crippen molar-refractivity contribution < 1.29 is 14.6 Å². The van der Waals surface area contributed by atoms with Crippen LogP contribution >= 0.6 is 0 Å². The lowest BCUT2D eigenvalue weighted by Gasteiger charge is -2.14. The molecule has 2 N–H and O–H groups in total. The Morgan fingerprint density at radius 1 is 1.14 bits per heavy atom. The molecule has 0 fully saturated rings. The van der Waals surface area contributed by atoms with Crippen molar-refractivity contribution in [1.29, 1.82) is 0 Å². The third kappa shape index (κ3) is 4.85. The van der Waals surface area contributed by atoms with Crippen LogP contribution < -0.4 is 10.1 Å². The van der Waals surface area contributed by atoms with Crippen LogP contribution in [0.4, 0.5) is 5.69 Å². The minimum Gasteiger partial charge on any atom is -0.508 e. The molecular formula is C22H23N3O3. The summed E-state index contributed by atoms with van der Waals surface area (Å²) in [5.74, 6) is 1.35. The van der Waals surface area contributed by atoms with Crippen LogP contribution in [0.2, 0.25) is 0 Å². The second kappa shape index (κ2) is 8.52. The van der Waals surface area contributed by atoms with E-state index >= 15 is 0 Å². The largest absolute Gasteiger partial charge is 0.508 e. The first kappa shape index (κ1) is 19.4. The van der Waals surface area contributed by atoms with Crippen LogP contribution in [0.5, 0.6) is 11.5 Å². The molecule has 0 unspecified atom stereocenters. The van der Waals surface area contributed by atoms with Gasteiger partial charge in [0, 0.05) is 5.56 Å². The molecule has 0 spiro atoms. The van der Waals surface area contributed by atoms with Crippen molar-refractivity contribution in [1.82, 2.24) is 9.97 Å². The molecule has 2 aromatic carbocycles. The number of carbonyl (C=O) groups excluding carboxylic acids is 1. The molecule has 0 atom stereocenters. The van der Waals surface area contributed by atoms with Gasteiger partial charge in [0.1, 0.15) is 11.5 Å². The van der Waals surface area contributed by atoms with Crippen LogP contribution in [0.3, 0.4) is 0 Å². The molecule has 0 aliphatic heterocycles.